The average Bonchev–Trinajstić information content (AvgIpc) is 3.04. The van der Waals surface area contributed by atoms with Gasteiger partial charge in [0.1, 0.15) is 0 Å². The number of nitrogens with zero attached hydrogens (tertiary/aromatic N) is 1. The van der Waals surface area contributed by atoms with E-state index >= 15 is 0 Å². The lowest BCUT2D eigenvalue weighted by Gasteiger charge is -2.42. The van der Waals surface area contributed by atoms with E-state index in [-0.39, 0.29) is 12.1 Å². The minimum absolute atomic E-state index is 0.0728. The molecule has 118 valence electrons. The van der Waals surface area contributed by atoms with Crippen molar-refractivity contribution in [1.82, 2.24) is 0 Å². The zero-order chi connectivity index (χ0) is 15.8. The molecule has 23 heavy (non-hydrogen) atoms. The van der Waals surface area contributed by atoms with Gasteiger partial charge in [0.15, 0.2) is 0 Å². The van der Waals surface area contributed by atoms with Crippen molar-refractivity contribution in [3.63, 3.8) is 0 Å². The number of hydrogen-bond donors (Lipinski definition) is 2. The molecule has 1 heterocycles. The zero-order valence-corrected chi connectivity index (χ0v) is 12.9. The largest absolute Gasteiger partial charge is 0.465 e. The van der Waals surface area contributed by atoms with Crippen molar-refractivity contribution >= 4 is 17.5 Å². The van der Waals surface area contributed by atoms with Crippen molar-refractivity contribution in [2.75, 3.05) is 10.2 Å². The number of rotatable bonds is 2. The minimum Gasteiger partial charge on any atom is -0.465 e. The highest BCUT2D eigenvalue weighted by atomic mass is 16.4. The molecule has 0 aromatic heterocycles. The molecular formula is C19H20N2O2. The molecule has 2 aliphatic rings. The van der Waals surface area contributed by atoms with Gasteiger partial charge >= 0.3 is 6.09 Å². The molecule has 0 bridgehead atoms. The molecule has 2 aromatic carbocycles. The summed E-state index contributed by atoms with van der Waals surface area (Å²) in [5.41, 5.74) is 3.00. The van der Waals surface area contributed by atoms with E-state index in [4.69, 9.17) is 0 Å². The van der Waals surface area contributed by atoms with Crippen LogP contribution in [0.25, 0.3) is 0 Å². The predicted molar refractivity (Wildman–Crippen MR) is 90.9 cm³/mol. The van der Waals surface area contributed by atoms with Crippen molar-refractivity contribution < 1.29 is 9.90 Å². The Bertz CT molecular complexity index is 716. The van der Waals surface area contributed by atoms with Crippen LogP contribution in [-0.2, 0) is 0 Å². The molecule has 1 saturated carbocycles. The number of hydrogen-bond acceptors (Lipinski definition) is 2. The fraction of sp³-hybridized carbons (Fsp3) is 0.316. The van der Waals surface area contributed by atoms with Gasteiger partial charge in [-0.05, 0) is 36.6 Å². The Balaban J connectivity index is 1.78. The Morgan fingerprint density at radius 1 is 1.04 bits per heavy atom. The fourth-order valence-electron chi connectivity index (χ4n) is 4.20. The first-order valence-corrected chi connectivity index (χ1v) is 8.18. The highest BCUT2D eigenvalue weighted by molar-refractivity contribution is 5.89. The van der Waals surface area contributed by atoms with Gasteiger partial charge in [-0.25, -0.2) is 4.79 Å². The third-order valence-electron chi connectivity index (χ3n) is 5.12. The van der Waals surface area contributed by atoms with E-state index in [1.54, 1.807) is 4.90 Å². The lowest BCUT2D eigenvalue weighted by atomic mass is 9.83. The van der Waals surface area contributed by atoms with Crippen molar-refractivity contribution in [2.45, 2.75) is 31.3 Å². The van der Waals surface area contributed by atoms with Gasteiger partial charge in [-0.2, -0.15) is 0 Å². The topological polar surface area (TPSA) is 52.6 Å². The molecule has 0 spiro atoms. The fourth-order valence-corrected chi connectivity index (χ4v) is 4.20. The number of carboxylic acid groups (broad SMARTS) is 1. The van der Waals surface area contributed by atoms with Gasteiger partial charge < -0.3 is 10.4 Å². The molecule has 4 nitrogen and oxygen atoms in total. The second-order valence-electron chi connectivity index (χ2n) is 6.36. The Labute approximate surface area is 135 Å². The van der Waals surface area contributed by atoms with Crippen molar-refractivity contribution in [2.24, 2.45) is 5.92 Å². The van der Waals surface area contributed by atoms with Crippen LogP contribution in [0.4, 0.5) is 16.2 Å². The molecule has 2 aromatic rings. The maximum Gasteiger partial charge on any atom is 0.412 e. The predicted octanol–water partition coefficient (Wildman–Crippen LogP) is 4.51. The van der Waals surface area contributed by atoms with Crippen LogP contribution in [0.1, 0.15) is 30.9 Å². The Morgan fingerprint density at radius 3 is 2.57 bits per heavy atom. The van der Waals surface area contributed by atoms with E-state index in [0.29, 0.717) is 5.92 Å². The summed E-state index contributed by atoms with van der Waals surface area (Å²) in [6.07, 6.45) is 2.25. The first-order chi connectivity index (χ1) is 11.3. The zero-order valence-electron chi connectivity index (χ0n) is 12.9. The van der Waals surface area contributed by atoms with E-state index in [2.05, 4.69) is 23.5 Å². The lowest BCUT2D eigenvalue weighted by molar-refractivity contribution is 0.194. The molecule has 0 saturated heterocycles. The Kier molecular flexibility index (Phi) is 3.45. The quantitative estimate of drug-likeness (QED) is 0.858. The Hall–Kier alpha value is -2.49. The number of para-hydroxylation sites is 2. The molecule has 1 aliphatic heterocycles. The third kappa shape index (κ3) is 2.34. The van der Waals surface area contributed by atoms with Gasteiger partial charge in [0.05, 0.1) is 11.7 Å². The maximum absolute atomic E-state index is 11.8. The molecular weight excluding hydrogens is 288 g/mol. The van der Waals surface area contributed by atoms with E-state index < -0.39 is 6.09 Å². The van der Waals surface area contributed by atoms with E-state index in [0.717, 1.165) is 36.2 Å². The van der Waals surface area contributed by atoms with Gasteiger partial charge in [0.2, 0.25) is 0 Å². The number of anilines is 2. The molecule has 1 aliphatic carbocycles. The normalized spacial score (nSPS) is 25.6. The first kappa shape index (κ1) is 14.1. The van der Waals surface area contributed by atoms with Crippen LogP contribution in [0.3, 0.4) is 0 Å². The third-order valence-corrected chi connectivity index (χ3v) is 5.12. The van der Waals surface area contributed by atoms with Gasteiger partial charge in [0.25, 0.3) is 0 Å². The number of carbonyl (C=O) groups is 1. The van der Waals surface area contributed by atoms with Gasteiger partial charge in [0, 0.05) is 17.6 Å². The van der Waals surface area contributed by atoms with Crippen LogP contribution in [0, 0.1) is 5.92 Å². The van der Waals surface area contributed by atoms with E-state index in [1.165, 1.54) is 0 Å². The SMILES string of the molecule is O=C(O)N1c2ccccc2C(Nc2ccccc2)C2CCCC21. The number of nitrogens with one attached hydrogen (secondary N) is 1. The second-order valence-corrected chi connectivity index (χ2v) is 6.36. The summed E-state index contributed by atoms with van der Waals surface area (Å²) in [4.78, 5) is 13.4. The van der Waals surface area contributed by atoms with Crippen LogP contribution in [-0.4, -0.2) is 17.2 Å². The standard InChI is InChI=1S/C19H20N2O2/c22-19(23)21-16-11-5-4-9-14(16)18(15-10-6-12-17(15)21)20-13-7-2-1-3-8-13/h1-5,7-9,11,15,17-18,20H,6,10,12H2,(H,22,23). The van der Waals surface area contributed by atoms with Crippen molar-refractivity contribution in [3.05, 3.63) is 60.2 Å². The summed E-state index contributed by atoms with van der Waals surface area (Å²) in [7, 11) is 0. The molecule has 1 fully saturated rings. The molecule has 0 radical (unpaired) electrons. The summed E-state index contributed by atoms with van der Waals surface area (Å²) in [6.45, 7) is 0. The first-order valence-electron chi connectivity index (χ1n) is 8.18. The van der Waals surface area contributed by atoms with Gasteiger partial charge in [-0.1, -0.05) is 42.8 Å². The van der Waals surface area contributed by atoms with Crippen molar-refractivity contribution in [1.29, 1.82) is 0 Å². The molecule has 3 unspecified atom stereocenters. The van der Waals surface area contributed by atoms with Crippen LogP contribution < -0.4 is 10.2 Å². The average molecular weight is 308 g/mol. The summed E-state index contributed by atoms with van der Waals surface area (Å²) in [5.74, 6) is 0.321. The lowest BCUT2D eigenvalue weighted by Crippen LogP contribution is -2.48. The number of benzene rings is 2. The van der Waals surface area contributed by atoms with Gasteiger partial charge in [-0.15, -0.1) is 0 Å². The molecule has 3 atom stereocenters. The Morgan fingerprint density at radius 2 is 1.78 bits per heavy atom. The van der Waals surface area contributed by atoms with Crippen LogP contribution in [0.2, 0.25) is 0 Å². The highest BCUT2D eigenvalue weighted by Gasteiger charge is 2.45. The van der Waals surface area contributed by atoms with E-state index in [9.17, 15) is 9.90 Å². The smallest absolute Gasteiger partial charge is 0.412 e. The number of fused-ring (bicyclic) bond motifs is 2. The van der Waals surface area contributed by atoms with Gasteiger partial charge in [-0.3, -0.25) is 4.90 Å². The van der Waals surface area contributed by atoms with Crippen LogP contribution in [0.15, 0.2) is 54.6 Å². The highest BCUT2D eigenvalue weighted by Crippen LogP contribution is 2.48. The van der Waals surface area contributed by atoms with Crippen LogP contribution in [0.5, 0.6) is 0 Å². The summed E-state index contributed by atoms with van der Waals surface area (Å²) < 4.78 is 0. The molecule has 2 N–H and O–H groups in total. The summed E-state index contributed by atoms with van der Waals surface area (Å²) >= 11 is 0. The van der Waals surface area contributed by atoms with Crippen molar-refractivity contribution in [3.8, 4) is 0 Å². The second kappa shape index (κ2) is 5.61. The number of amides is 1. The summed E-state index contributed by atoms with van der Waals surface area (Å²) in [5, 5.41) is 13.4. The molecule has 4 rings (SSSR count). The minimum atomic E-state index is -0.840. The van der Waals surface area contributed by atoms with Crippen LogP contribution >= 0.6 is 0 Å². The molecule has 1 amide bonds. The van der Waals surface area contributed by atoms with E-state index in [1.807, 2.05) is 36.4 Å². The monoisotopic (exact) mass is 308 g/mol. The maximum atomic E-state index is 11.8. The summed E-state index contributed by atoms with van der Waals surface area (Å²) in [6, 6.07) is 18.3. The molecule has 4 heteroatoms.